The van der Waals surface area contributed by atoms with Gasteiger partial charge < -0.3 is 4.90 Å². The molecule has 3 heteroatoms. The lowest BCUT2D eigenvalue weighted by Crippen LogP contribution is -2.28. The third-order valence-electron chi connectivity index (χ3n) is 3.40. The molecule has 1 rings (SSSR count). The largest absolute Gasteiger partial charge is 0.370 e. The number of benzene rings is 1. The Morgan fingerprint density at radius 3 is 2.10 bits per heavy atom. The number of nitrogens with zero attached hydrogens (tertiary/aromatic N) is 2. The van der Waals surface area contributed by atoms with Gasteiger partial charge >= 0.3 is 0 Å². The SMILES string of the molecule is CC(C)CCN(CCC(C)C)c1cccc(F)c1C#N. The van der Waals surface area contributed by atoms with Gasteiger partial charge in [0.05, 0.1) is 5.69 Å². The molecule has 0 amide bonds. The zero-order valence-electron chi connectivity index (χ0n) is 13.0. The number of hydrogen-bond acceptors (Lipinski definition) is 2. The van der Waals surface area contributed by atoms with E-state index in [4.69, 9.17) is 0 Å². The second-order valence-electron chi connectivity index (χ2n) is 6.10. The summed E-state index contributed by atoms with van der Waals surface area (Å²) in [7, 11) is 0. The predicted molar refractivity (Wildman–Crippen MR) is 82.2 cm³/mol. The van der Waals surface area contributed by atoms with E-state index in [1.807, 2.05) is 12.1 Å². The molecule has 0 atom stereocenters. The fourth-order valence-corrected chi connectivity index (χ4v) is 2.07. The Morgan fingerprint density at radius 2 is 1.65 bits per heavy atom. The predicted octanol–water partition coefficient (Wildman–Crippen LogP) is 4.60. The summed E-state index contributed by atoms with van der Waals surface area (Å²) in [5.74, 6) is 0.760. The summed E-state index contributed by atoms with van der Waals surface area (Å²) in [6, 6.07) is 6.89. The lowest BCUT2D eigenvalue weighted by Gasteiger charge is -2.27. The Morgan fingerprint density at radius 1 is 1.10 bits per heavy atom. The molecule has 0 bridgehead atoms. The van der Waals surface area contributed by atoms with Crippen molar-refractivity contribution in [2.45, 2.75) is 40.5 Å². The van der Waals surface area contributed by atoms with E-state index < -0.39 is 5.82 Å². The zero-order chi connectivity index (χ0) is 15.1. The van der Waals surface area contributed by atoms with Gasteiger partial charge in [-0.15, -0.1) is 0 Å². The molecule has 0 saturated carbocycles. The normalized spacial score (nSPS) is 10.9. The van der Waals surface area contributed by atoms with Gasteiger partial charge in [0.2, 0.25) is 0 Å². The first-order valence-corrected chi connectivity index (χ1v) is 7.39. The maximum atomic E-state index is 13.8. The van der Waals surface area contributed by atoms with Gasteiger partial charge in [-0.25, -0.2) is 4.39 Å². The minimum absolute atomic E-state index is 0.167. The van der Waals surface area contributed by atoms with Crippen LogP contribution in [0.1, 0.15) is 46.1 Å². The zero-order valence-corrected chi connectivity index (χ0v) is 13.0. The second-order valence-corrected chi connectivity index (χ2v) is 6.10. The molecule has 0 aliphatic rings. The van der Waals surface area contributed by atoms with Gasteiger partial charge in [-0.2, -0.15) is 5.26 Å². The molecule has 0 fully saturated rings. The summed E-state index contributed by atoms with van der Waals surface area (Å²) in [5.41, 5.74) is 0.897. The molecule has 1 aromatic rings. The topological polar surface area (TPSA) is 27.0 Å². The molecule has 20 heavy (non-hydrogen) atoms. The van der Waals surface area contributed by atoms with Crippen LogP contribution in [0.5, 0.6) is 0 Å². The third kappa shape index (κ3) is 4.85. The van der Waals surface area contributed by atoms with Crippen molar-refractivity contribution < 1.29 is 4.39 Å². The average molecular weight is 276 g/mol. The van der Waals surface area contributed by atoms with Gasteiger partial charge in [0.15, 0.2) is 0 Å². The Kier molecular flexibility index (Phi) is 6.51. The molecular formula is C17H25FN2. The highest BCUT2D eigenvalue weighted by molar-refractivity contribution is 5.59. The lowest BCUT2D eigenvalue weighted by molar-refractivity contribution is 0.534. The molecule has 0 aliphatic heterocycles. The van der Waals surface area contributed by atoms with E-state index in [1.54, 1.807) is 6.07 Å². The standard InChI is InChI=1S/C17H25FN2/c1-13(2)8-10-20(11-9-14(3)4)17-7-5-6-16(18)15(17)12-19/h5-7,13-14H,8-11H2,1-4H3. The van der Waals surface area contributed by atoms with Gasteiger partial charge in [0, 0.05) is 13.1 Å². The third-order valence-corrected chi connectivity index (χ3v) is 3.40. The van der Waals surface area contributed by atoms with Crippen LogP contribution < -0.4 is 4.90 Å². The monoisotopic (exact) mass is 276 g/mol. The van der Waals surface area contributed by atoms with Gasteiger partial charge in [0.1, 0.15) is 17.4 Å². The molecule has 0 spiro atoms. The van der Waals surface area contributed by atoms with E-state index in [1.165, 1.54) is 6.07 Å². The van der Waals surface area contributed by atoms with Gasteiger partial charge in [-0.3, -0.25) is 0 Å². The molecule has 0 N–H and O–H groups in total. The fourth-order valence-electron chi connectivity index (χ4n) is 2.07. The number of anilines is 1. The Balaban J connectivity index is 2.97. The summed E-state index contributed by atoms with van der Waals surface area (Å²) in [5, 5.41) is 9.19. The summed E-state index contributed by atoms with van der Waals surface area (Å²) in [6.07, 6.45) is 2.08. The highest BCUT2D eigenvalue weighted by atomic mass is 19.1. The van der Waals surface area contributed by atoms with Crippen LogP contribution in [-0.4, -0.2) is 13.1 Å². The van der Waals surface area contributed by atoms with Crippen LogP contribution in [0.15, 0.2) is 18.2 Å². The molecule has 0 heterocycles. The summed E-state index contributed by atoms with van der Waals surface area (Å²) >= 11 is 0. The number of nitriles is 1. The highest BCUT2D eigenvalue weighted by Gasteiger charge is 2.15. The highest BCUT2D eigenvalue weighted by Crippen LogP contribution is 2.24. The second kappa shape index (κ2) is 7.89. The van der Waals surface area contributed by atoms with Gasteiger partial charge in [0.25, 0.3) is 0 Å². The molecule has 1 aromatic carbocycles. The van der Waals surface area contributed by atoms with Crippen molar-refractivity contribution in [2.24, 2.45) is 11.8 Å². The maximum Gasteiger partial charge on any atom is 0.143 e. The van der Waals surface area contributed by atoms with Crippen molar-refractivity contribution in [3.63, 3.8) is 0 Å². The average Bonchev–Trinajstić information content (AvgIpc) is 2.38. The van der Waals surface area contributed by atoms with Gasteiger partial charge in [-0.05, 0) is 36.8 Å². The quantitative estimate of drug-likeness (QED) is 0.728. The maximum absolute atomic E-state index is 13.8. The summed E-state index contributed by atoms with van der Waals surface area (Å²) in [6.45, 7) is 10.4. The molecule has 110 valence electrons. The molecule has 0 unspecified atom stereocenters. The smallest absolute Gasteiger partial charge is 0.143 e. The van der Waals surface area contributed by atoms with Crippen molar-refractivity contribution in [3.05, 3.63) is 29.6 Å². The Hall–Kier alpha value is -1.56. The minimum Gasteiger partial charge on any atom is -0.370 e. The van der Waals surface area contributed by atoms with Crippen LogP contribution in [0.4, 0.5) is 10.1 Å². The van der Waals surface area contributed by atoms with Crippen molar-refractivity contribution >= 4 is 5.69 Å². The van der Waals surface area contributed by atoms with E-state index in [-0.39, 0.29) is 5.56 Å². The first kappa shape index (κ1) is 16.5. The van der Waals surface area contributed by atoms with Crippen LogP contribution in [0, 0.1) is 29.0 Å². The van der Waals surface area contributed by atoms with E-state index in [0.717, 1.165) is 31.6 Å². The number of halogens is 1. The van der Waals surface area contributed by atoms with Crippen LogP contribution >= 0.6 is 0 Å². The van der Waals surface area contributed by atoms with E-state index in [0.29, 0.717) is 11.8 Å². The van der Waals surface area contributed by atoms with E-state index in [2.05, 4.69) is 32.6 Å². The Bertz CT molecular complexity index is 449. The number of rotatable bonds is 7. The molecular weight excluding hydrogens is 251 g/mol. The van der Waals surface area contributed by atoms with Crippen LogP contribution in [0.25, 0.3) is 0 Å². The molecule has 0 aromatic heterocycles. The molecule has 0 saturated heterocycles. The Labute approximate surface area is 122 Å². The van der Waals surface area contributed by atoms with Crippen molar-refractivity contribution in [1.82, 2.24) is 0 Å². The molecule has 0 aliphatic carbocycles. The van der Waals surface area contributed by atoms with Crippen molar-refractivity contribution in [3.8, 4) is 6.07 Å². The van der Waals surface area contributed by atoms with Crippen LogP contribution in [-0.2, 0) is 0 Å². The van der Waals surface area contributed by atoms with E-state index in [9.17, 15) is 9.65 Å². The van der Waals surface area contributed by atoms with Crippen LogP contribution in [0.3, 0.4) is 0 Å². The van der Waals surface area contributed by atoms with Gasteiger partial charge in [-0.1, -0.05) is 33.8 Å². The van der Waals surface area contributed by atoms with Crippen molar-refractivity contribution in [1.29, 1.82) is 5.26 Å². The number of hydrogen-bond donors (Lipinski definition) is 0. The summed E-state index contributed by atoms with van der Waals surface area (Å²) in [4.78, 5) is 2.15. The molecule has 0 radical (unpaired) electrons. The fraction of sp³-hybridized carbons (Fsp3) is 0.588. The molecule has 2 nitrogen and oxygen atoms in total. The lowest BCUT2D eigenvalue weighted by atomic mass is 10.1. The first-order chi connectivity index (χ1) is 9.45. The van der Waals surface area contributed by atoms with Crippen molar-refractivity contribution in [2.75, 3.05) is 18.0 Å². The summed E-state index contributed by atoms with van der Waals surface area (Å²) < 4.78 is 13.8. The first-order valence-electron chi connectivity index (χ1n) is 7.39. The van der Waals surface area contributed by atoms with E-state index >= 15 is 0 Å². The van der Waals surface area contributed by atoms with Crippen LogP contribution in [0.2, 0.25) is 0 Å². The minimum atomic E-state index is -0.427.